The first-order chi connectivity index (χ1) is 11.9. The minimum absolute atomic E-state index is 0.0602. The molecule has 0 aliphatic carbocycles. The molecule has 134 valence electrons. The van der Waals surface area contributed by atoms with Crippen LogP contribution in [0.3, 0.4) is 0 Å². The molecule has 0 fully saturated rings. The topological polar surface area (TPSA) is 108 Å². The lowest BCUT2D eigenvalue weighted by atomic mass is 10.2. The van der Waals surface area contributed by atoms with Crippen molar-refractivity contribution in [2.24, 2.45) is 0 Å². The number of rotatable bonds is 6. The van der Waals surface area contributed by atoms with Gasteiger partial charge in [0, 0.05) is 30.6 Å². The number of urea groups is 1. The van der Waals surface area contributed by atoms with Gasteiger partial charge in [0.1, 0.15) is 6.61 Å². The normalized spacial score (nSPS) is 10.4. The molecule has 1 aromatic carbocycles. The number of carbonyl (C=O) groups excluding carboxylic acids is 2. The van der Waals surface area contributed by atoms with Gasteiger partial charge < -0.3 is 20.7 Å². The van der Waals surface area contributed by atoms with Crippen LogP contribution < -0.4 is 16.0 Å². The number of H-pyrrole nitrogens is 1. The molecule has 3 amide bonds. The summed E-state index contributed by atoms with van der Waals surface area (Å²) in [5.74, 6) is -0.300. The second kappa shape index (κ2) is 8.50. The van der Waals surface area contributed by atoms with Gasteiger partial charge in [-0.1, -0.05) is 11.6 Å². The molecule has 2 aromatic rings. The lowest BCUT2D eigenvalue weighted by Crippen LogP contribution is -2.28. The number of halogens is 1. The van der Waals surface area contributed by atoms with E-state index in [4.69, 9.17) is 16.3 Å². The Kier molecular flexibility index (Phi) is 6.37. The van der Waals surface area contributed by atoms with E-state index < -0.39 is 6.03 Å². The second-order valence-electron chi connectivity index (χ2n) is 5.40. The average Bonchev–Trinajstić information content (AvgIpc) is 2.87. The van der Waals surface area contributed by atoms with Crippen LogP contribution in [0.2, 0.25) is 5.02 Å². The fourth-order valence-electron chi connectivity index (χ4n) is 2.20. The molecule has 9 heteroatoms. The first-order valence-corrected chi connectivity index (χ1v) is 7.92. The number of amides is 3. The lowest BCUT2D eigenvalue weighted by molar-refractivity contribution is -0.119. The molecule has 0 spiro atoms. The van der Waals surface area contributed by atoms with E-state index in [9.17, 15) is 9.59 Å². The van der Waals surface area contributed by atoms with Crippen molar-refractivity contribution in [1.82, 2.24) is 15.5 Å². The summed E-state index contributed by atoms with van der Waals surface area (Å²) in [5.41, 5.74) is 3.55. The molecule has 1 aromatic heterocycles. The Morgan fingerprint density at radius 2 is 2.04 bits per heavy atom. The van der Waals surface area contributed by atoms with Crippen LogP contribution in [0, 0.1) is 13.8 Å². The van der Waals surface area contributed by atoms with Crippen molar-refractivity contribution in [2.45, 2.75) is 20.4 Å². The molecule has 0 radical (unpaired) electrons. The van der Waals surface area contributed by atoms with Crippen LogP contribution in [0.1, 0.15) is 17.0 Å². The summed E-state index contributed by atoms with van der Waals surface area (Å²) in [5, 5.41) is 15.4. The summed E-state index contributed by atoms with van der Waals surface area (Å²) in [4.78, 5) is 23.7. The van der Waals surface area contributed by atoms with Gasteiger partial charge in [-0.15, -0.1) is 0 Å². The third-order valence-corrected chi connectivity index (χ3v) is 3.81. The number of aromatic amines is 1. The number of anilines is 2. The Balaban J connectivity index is 1.98. The van der Waals surface area contributed by atoms with Crippen LogP contribution in [-0.2, 0) is 16.1 Å². The molecule has 8 nitrogen and oxygen atoms in total. The van der Waals surface area contributed by atoms with Gasteiger partial charge in [0.2, 0.25) is 5.91 Å². The number of methoxy groups -OCH3 is 1. The maximum atomic E-state index is 12.1. The van der Waals surface area contributed by atoms with E-state index in [0.29, 0.717) is 22.9 Å². The number of hydrogen-bond donors (Lipinski definition) is 4. The molecule has 4 N–H and O–H groups in total. The number of carbonyl (C=O) groups is 2. The van der Waals surface area contributed by atoms with Crippen molar-refractivity contribution < 1.29 is 14.3 Å². The molecule has 0 saturated heterocycles. The second-order valence-corrected chi connectivity index (χ2v) is 5.80. The standard InChI is InChI=1S/C16H20ClN5O3/c1-9-12(10(2)22-21-9)7-18-16(24)20-14-6-11(4-5-13(14)17)19-15(23)8-25-3/h4-6H,7-8H2,1-3H3,(H,19,23)(H,21,22)(H2,18,20,24). The zero-order chi connectivity index (χ0) is 18.4. The van der Waals surface area contributed by atoms with Crippen molar-refractivity contribution in [3.8, 4) is 0 Å². The molecule has 1 heterocycles. The number of aromatic nitrogens is 2. The average molecular weight is 366 g/mol. The van der Waals surface area contributed by atoms with Gasteiger partial charge in [0.15, 0.2) is 0 Å². The summed E-state index contributed by atoms with van der Waals surface area (Å²) in [7, 11) is 1.43. The largest absolute Gasteiger partial charge is 0.375 e. The molecule has 0 aliphatic rings. The van der Waals surface area contributed by atoms with Crippen molar-refractivity contribution in [1.29, 1.82) is 0 Å². The van der Waals surface area contributed by atoms with Crippen molar-refractivity contribution in [3.63, 3.8) is 0 Å². The Morgan fingerprint density at radius 1 is 1.28 bits per heavy atom. The number of benzene rings is 1. The van der Waals surface area contributed by atoms with E-state index in [1.54, 1.807) is 18.2 Å². The first kappa shape index (κ1) is 18.8. The summed E-state index contributed by atoms with van der Waals surface area (Å²) < 4.78 is 4.76. The van der Waals surface area contributed by atoms with E-state index in [2.05, 4.69) is 26.1 Å². The summed E-state index contributed by atoms with van der Waals surface area (Å²) in [6, 6.07) is 4.38. The number of ether oxygens (including phenoxy) is 1. The maximum Gasteiger partial charge on any atom is 0.319 e. The monoisotopic (exact) mass is 365 g/mol. The SMILES string of the molecule is COCC(=O)Nc1ccc(Cl)c(NC(=O)NCc2c(C)n[nH]c2C)c1. The summed E-state index contributed by atoms with van der Waals surface area (Å²) in [6.45, 7) is 4.02. The number of nitrogens with zero attached hydrogens (tertiary/aromatic N) is 1. The zero-order valence-electron chi connectivity index (χ0n) is 14.2. The van der Waals surface area contributed by atoms with Gasteiger partial charge >= 0.3 is 6.03 Å². The highest BCUT2D eigenvalue weighted by atomic mass is 35.5. The number of nitrogens with one attached hydrogen (secondary N) is 4. The molecule has 0 aliphatic heterocycles. The third kappa shape index (κ3) is 5.20. The van der Waals surface area contributed by atoms with Gasteiger partial charge in [-0.2, -0.15) is 5.10 Å². The summed E-state index contributed by atoms with van der Waals surface area (Å²) in [6.07, 6.45) is 0. The highest BCUT2D eigenvalue weighted by Gasteiger charge is 2.11. The van der Waals surface area contributed by atoms with Crippen LogP contribution in [0.15, 0.2) is 18.2 Å². The van der Waals surface area contributed by atoms with Crippen molar-refractivity contribution in [3.05, 3.63) is 40.2 Å². The highest BCUT2D eigenvalue weighted by molar-refractivity contribution is 6.33. The quantitative estimate of drug-likeness (QED) is 0.630. The van der Waals surface area contributed by atoms with Crippen LogP contribution >= 0.6 is 11.6 Å². The molecular weight excluding hydrogens is 346 g/mol. The minimum Gasteiger partial charge on any atom is -0.375 e. The fraction of sp³-hybridized carbons (Fsp3) is 0.312. The van der Waals surface area contributed by atoms with Crippen LogP contribution in [0.4, 0.5) is 16.2 Å². The number of hydrogen-bond acceptors (Lipinski definition) is 4. The Bertz CT molecular complexity index is 756. The van der Waals surface area contributed by atoms with Crippen molar-refractivity contribution in [2.75, 3.05) is 24.4 Å². The van der Waals surface area contributed by atoms with E-state index in [1.165, 1.54) is 7.11 Å². The van der Waals surface area contributed by atoms with E-state index in [-0.39, 0.29) is 12.5 Å². The smallest absolute Gasteiger partial charge is 0.319 e. The maximum absolute atomic E-state index is 12.1. The molecule has 0 unspecified atom stereocenters. The van der Waals surface area contributed by atoms with Gasteiger partial charge in [-0.05, 0) is 32.0 Å². The van der Waals surface area contributed by atoms with Gasteiger partial charge in [-0.3, -0.25) is 9.89 Å². The Morgan fingerprint density at radius 3 is 2.68 bits per heavy atom. The fourth-order valence-corrected chi connectivity index (χ4v) is 2.36. The molecule has 0 bridgehead atoms. The van der Waals surface area contributed by atoms with E-state index >= 15 is 0 Å². The Labute approximate surface area is 150 Å². The van der Waals surface area contributed by atoms with Crippen LogP contribution in [0.25, 0.3) is 0 Å². The van der Waals surface area contributed by atoms with Gasteiger partial charge in [0.25, 0.3) is 0 Å². The minimum atomic E-state index is -0.415. The molecular formula is C16H20ClN5O3. The van der Waals surface area contributed by atoms with Gasteiger partial charge in [-0.25, -0.2) is 4.79 Å². The zero-order valence-corrected chi connectivity index (χ0v) is 15.0. The van der Waals surface area contributed by atoms with E-state index in [1.807, 2.05) is 13.8 Å². The molecule has 2 rings (SSSR count). The van der Waals surface area contributed by atoms with Gasteiger partial charge in [0.05, 0.1) is 16.4 Å². The number of aryl methyl sites for hydroxylation is 2. The predicted molar refractivity (Wildman–Crippen MR) is 95.9 cm³/mol. The van der Waals surface area contributed by atoms with Crippen LogP contribution in [-0.4, -0.2) is 35.9 Å². The molecule has 0 atom stereocenters. The first-order valence-electron chi connectivity index (χ1n) is 7.54. The third-order valence-electron chi connectivity index (χ3n) is 3.48. The summed E-state index contributed by atoms with van der Waals surface area (Å²) >= 11 is 6.09. The van der Waals surface area contributed by atoms with Crippen LogP contribution in [0.5, 0.6) is 0 Å². The van der Waals surface area contributed by atoms with E-state index in [0.717, 1.165) is 17.0 Å². The molecule has 25 heavy (non-hydrogen) atoms. The predicted octanol–water partition coefficient (Wildman–Crippen LogP) is 2.59. The highest BCUT2D eigenvalue weighted by Crippen LogP contribution is 2.25. The van der Waals surface area contributed by atoms with Crippen molar-refractivity contribution >= 4 is 34.9 Å². The lowest BCUT2D eigenvalue weighted by Gasteiger charge is -2.11. The molecule has 0 saturated carbocycles. The Hall–Kier alpha value is -2.58.